The van der Waals surface area contributed by atoms with Gasteiger partial charge in [0.15, 0.2) is 0 Å². The highest BCUT2D eigenvalue weighted by atomic mass is 35.5. The highest BCUT2D eigenvalue weighted by Crippen LogP contribution is 2.47. The SMILES string of the molecule is COC1CCn2cc(C(=O)NS3(=O)=NC(=O)c4ccc5c(c4)N(C[C@@H]4CC[C@H]4[C@@H](OC)/C=C\C[C@H](C)C3)C[C@@]3(CCCc4cc(Cl)ccc43)CO5)cc2C1. The van der Waals surface area contributed by atoms with Crippen LogP contribution in [0.15, 0.2) is 65.2 Å². The van der Waals surface area contributed by atoms with Crippen LogP contribution in [0.4, 0.5) is 5.69 Å². The van der Waals surface area contributed by atoms with E-state index in [1.807, 2.05) is 35.8 Å². The van der Waals surface area contributed by atoms with E-state index in [0.717, 1.165) is 74.6 Å². The van der Waals surface area contributed by atoms with Crippen LogP contribution in [-0.2, 0) is 44.2 Å². The molecule has 7 atom stereocenters. The fourth-order valence-electron chi connectivity index (χ4n) is 9.45. The number of anilines is 1. The summed E-state index contributed by atoms with van der Waals surface area (Å²) in [6.45, 7) is 4.71. The first-order chi connectivity index (χ1) is 26.0. The van der Waals surface area contributed by atoms with Gasteiger partial charge in [-0.05, 0) is 110 Å². The van der Waals surface area contributed by atoms with E-state index in [-0.39, 0.29) is 29.3 Å². The van der Waals surface area contributed by atoms with Crippen LogP contribution < -0.4 is 14.4 Å². The third-order valence-electron chi connectivity index (χ3n) is 12.5. The highest BCUT2D eigenvalue weighted by molar-refractivity contribution is 7.92. The van der Waals surface area contributed by atoms with Crippen molar-refractivity contribution in [2.45, 2.75) is 82.5 Å². The van der Waals surface area contributed by atoms with Crippen molar-refractivity contribution in [3.05, 3.63) is 93.8 Å². The van der Waals surface area contributed by atoms with Crippen molar-refractivity contribution in [2.75, 3.05) is 44.6 Å². The Morgan fingerprint density at radius 3 is 2.78 bits per heavy atom. The van der Waals surface area contributed by atoms with Crippen LogP contribution in [-0.4, -0.2) is 72.5 Å². The molecule has 1 fully saturated rings. The van der Waals surface area contributed by atoms with Crippen LogP contribution >= 0.6 is 11.6 Å². The van der Waals surface area contributed by atoms with Gasteiger partial charge in [0, 0.05) is 68.2 Å². The summed E-state index contributed by atoms with van der Waals surface area (Å²) < 4.78 is 42.2. The lowest BCUT2D eigenvalue weighted by atomic mass is 9.68. The number of ether oxygens (including phenoxy) is 3. The molecule has 288 valence electrons. The number of amides is 2. The third-order valence-corrected chi connectivity index (χ3v) is 14.7. The van der Waals surface area contributed by atoms with Crippen molar-refractivity contribution in [1.82, 2.24) is 9.29 Å². The number of nitrogens with zero attached hydrogens (tertiary/aromatic N) is 3. The van der Waals surface area contributed by atoms with Crippen LogP contribution in [0.2, 0.25) is 5.02 Å². The number of aryl methyl sites for hydroxylation is 2. The number of hydrogen-bond acceptors (Lipinski definition) is 7. The molecule has 2 aliphatic carbocycles. The molecule has 10 nitrogen and oxygen atoms in total. The van der Waals surface area contributed by atoms with Gasteiger partial charge in [-0.15, -0.1) is 4.36 Å². The summed E-state index contributed by atoms with van der Waals surface area (Å²) in [6.07, 6.45) is 13.3. The maximum Gasteiger partial charge on any atom is 0.286 e. The molecule has 5 aliphatic rings. The summed E-state index contributed by atoms with van der Waals surface area (Å²) in [5.41, 5.74) is 4.80. The molecule has 2 aromatic carbocycles. The zero-order valence-corrected chi connectivity index (χ0v) is 33.0. The summed E-state index contributed by atoms with van der Waals surface area (Å²) in [7, 11) is -0.0652. The molecule has 54 heavy (non-hydrogen) atoms. The van der Waals surface area contributed by atoms with Crippen LogP contribution in [0.1, 0.15) is 83.0 Å². The predicted octanol–water partition coefficient (Wildman–Crippen LogP) is 7.17. The Balaban J connectivity index is 1.17. The molecule has 2 unspecified atom stereocenters. The van der Waals surface area contributed by atoms with Crippen molar-refractivity contribution in [1.29, 1.82) is 0 Å². The molecule has 0 saturated heterocycles. The lowest BCUT2D eigenvalue weighted by Crippen LogP contribution is -2.49. The largest absolute Gasteiger partial charge is 0.490 e. The van der Waals surface area contributed by atoms with Crippen molar-refractivity contribution in [2.24, 2.45) is 22.1 Å². The number of benzene rings is 2. The van der Waals surface area contributed by atoms with E-state index in [1.165, 1.54) is 11.1 Å². The number of nitrogens with one attached hydrogen (secondary N) is 1. The number of carbonyl (C=O) groups is 2. The minimum absolute atomic E-state index is 0.0178. The van der Waals surface area contributed by atoms with Crippen LogP contribution in [0.5, 0.6) is 5.75 Å². The van der Waals surface area contributed by atoms with Gasteiger partial charge >= 0.3 is 0 Å². The van der Waals surface area contributed by atoms with Crippen molar-refractivity contribution >= 4 is 39.0 Å². The quantitative estimate of drug-likeness (QED) is 0.280. The van der Waals surface area contributed by atoms with Gasteiger partial charge in [0.05, 0.1) is 35.8 Å². The zero-order chi connectivity index (χ0) is 37.6. The Bertz CT molecular complexity index is 2090. The first-order valence-corrected chi connectivity index (χ1v) is 21.4. The number of hydrogen-bond donors (Lipinski definition) is 1. The summed E-state index contributed by atoms with van der Waals surface area (Å²) in [5, 5.41) is 0.742. The first kappa shape index (κ1) is 37.3. The molecule has 2 amide bonds. The second-order valence-electron chi connectivity index (χ2n) is 16.2. The molecule has 1 N–H and O–H groups in total. The summed E-state index contributed by atoms with van der Waals surface area (Å²) in [6, 6.07) is 13.5. The van der Waals surface area contributed by atoms with Gasteiger partial charge in [-0.3, -0.25) is 14.3 Å². The molecule has 2 bridgehead atoms. The third kappa shape index (κ3) is 7.36. The second kappa shape index (κ2) is 15.1. The average Bonchev–Trinajstić information content (AvgIpc) is 3.51. The Labute approximate surface area is 323 Å². The first-order valence-electron chi connectivity index (χ1n) is 19.4. The average molecular weight is 775 g/mol. The van der Waals surface area contributed by atoms with Gasteiger partial charge in [-0.25, -0.2) is 4.21 Å². The summed E-state index contributed by atoms with van der Waals surface area (Å²) >= 11 is 6.48. The van der Waals surface area contributed by atoms with Gasteiger partial charge in [-0.1, -0.05) is 36.7 Å². The Morgan fingerprint density at radius 1 is 1.11 bits per heavy atom. The molecule has 1 aromatic heterocycles. The lowest BCUT2D eigenvalue weighted by molar-refractivity contribution is 0.0131. The lowest BCUT2D eigenvalue weighted by Gasteiger charge is -2.46. The van der Waals surface area contributed by atoms with Crippen molar-refractivity contribution < 1.29 is 28.0 Å². The summed E-state index contributed by atoms with van der Waals surface area (Å²) in [4.78, 5) is 30.3. The van der Waals surface area contributed by atoms with Crippen LogP contribution in [0.3, 0.4) is 0 Å². The van der Waals surface area contributed by atoms with E-state index in [1.54, 1.807) is 26.5 Å². The van der Waals surface area contributed by atoms with Crippen LogP contribution in [0.25, 0.3) is 0 Å². The van der Waals surface area contributed by atoms with Crippen LogP contribution in [0, 0.1) is 17.8 Å². The molecule has 0 radical (unpaired) electrons. The smallest absolute Gasteiger partial charge is 0.286 e. The number of fused-ring (bicyclic) bond motifs is 5. The highest BCUT2D eigenvalue weighted by Gasteiger charge is 2.44. The van der Waals surface area contributed by atoms with E-state index < -0.39 is 21.7 Å². The van der Waals surface area contributed by atoms with Crippen molar-refractivity contribution in [3.8, 4) is 5.75 Å². The molecule has 1 spiro atoms. The molecule has 4 heterocycles. The molecule has 3 aliphatic heterocycles. The number of carbonyl (C=O) groups excluding carboxylic acids is 2. The fourth-order valence-corrected chi connectivity index (χ4v) is 11.5. The Hall–Kier alpha value is -3.64. The van der Waals surface area contributed by atoms with Gasteiger partial charge < -0.3 is 23.7 Å². The van der Waals surface area contributed by atoms with Gasteiger partial charge in [-0.2, -0.15) is 0 Å². The van der Waals surface area contributed by atoms with E-state index in [0.29, 0.717) is 48.2 Å². The van der Waals surface area contributed by atoms with E-state index in [4.69, 9.17) is 25.8 Å². The minimum Gasteiger partial charge on any atom is -0.490 e. The number of methoxy groups -OCH3 is 2. The normalized spacial score (nSPS) is 31.4. The topological polar surface area (TPSA) is 111 Å². The van der Waals surface area contributed by atoms with Crippen molar-refractivity contribution in [3.63, 3.8) is 0 Å². The van der Waals surface area contributed by atoms with E-state index in [9.17, 15) is 13.8 Å². The number of allylic oxidation sites excluding steroid dienone is 1. The fraction of sp³-hybridized carbons (Fsp3) is 0.524. The minimum atomic E-state index is -3.54. The molecule has 1 saturated carbocycles. The number of rotatable bonds is 4. The standard InChI is InChI=1S/C42H51ClN4O6S/c1-27-6-4-8-38(52-3)35-12-9-30(35)22-47-25-42(16-5-7-28-18-32(43)11-13-36(28)42)26-53-39-14-10-29(20-37(39)47)40(48)44-54(50,24-27)45-41(49)31-19-33-21-34(51-2)15-17-46(33)23-31/h4,8,10-11,13-14,18-20,23,27,30,34-35,38H,5-7,9,12,15-17,21-22,24-26H2,1-3H3,(H,44,45,48,49,50)/b8-4-/t27-,30-,34?,35+,38-,42-,54?/m0/s1. The molecule has 12 heteroatoms. The maximum absolute atomic E-state index is 14.7. The summed E-state index contributed by atoms with van der Waals surface area (Å²) in [5.74, 6) is 0.171. The van der Waals surface area contributed by atoms with Gasteiger partial charge in [0.25, 0.3) is 11.8 Å². The number of halogens is 1. The zero-order valence-electron chi connectivity index (χ0n) is 31.4. The Morgan fingerprint density at radius 2 is 1.98 bits per heavy atom. The second-order valence-corrected chi connectivity index (χ2v) is 18.6. The molecule has 8 rings (SSSR count). The molecular weight excluding hydrogens is 724 g/mol. The Kier molecular flexibility index (Phi) is 10.4. The predicted molar refractivity (Wildman–Crippen MR) is 211 cm³/mol. The van der Waals surface area contributed by atoms with Gasteiger partial charge in [0.2, 0.25) is 0 Å². The number of aromatic nitrogens is 1. The molecular formula is C42H51ClN4O6S. The van der Waals surface area contributed by atoms with Gasteiger partial charge in [0.1, 0.15) is 15.7 Å². The van der Waals surface area contributed by atoms with E-state index >= 15 is 0 Å². The monoisotopic (exact) mass is 774 g/mol. The maximum atomic E-state index is 14.7. The molecule has 3 aromatic rings. The van der Waals surface area contributed by atoms with E-state index in [2.05, 4.69) is 38.3 Å².